The van der Waals surface area contributed by atoms with Crippen molar-refractivity contribution in [1.29, 1.82) is 0 Å². The monoisotopic (exact) mass is 434 g/mol. The van der Waals surface area contributed by atoms with Crippen LogP contribution < -0.4 is 9.62 Å². The van der Waals surface area contributed by atoms with Crippen LogP contribution in [-0.2, 0) is 27.6 Å². The molecule has 2 aromatic heterocycles. The van der Waals surface area contributed by atoms with Crippen molar-refractivity contribution in [3.8, 4) is 0 Å². The van der Waals surface area contributed by atoms with Crippen molar-refractivity contribution in [3.05, 3.63) is 35.9 Å². The van der Waals surface area contributed by atoms with Gasteiger partial charge in [0, 0.05) is 37.2 Å². The van der Waals surface area contributed by atoms with E-state index in [2.05, 4.69) is 32.6 Å². The molecule has 2 aliphatic rings. The molecule has 2 unspecified atom stereocenters. The van der Waals surface area contributed by atoms with Crippen molar-refractivity contribution in [3.63, 3.8) is 0 Å². The van der Waals surface area contributed by atoms with Crippen LogP contribution in [0, 0.1) is 0 Å². The minimum atomic E-state index is -3.31. The first kappa shape index (κ1) is 21.2. The highest BCUT2D eigenvalue weighted by molar-refractivity contribution is 7.88. The van der Waals surface area contributed by atoms with Gasteiger partial charge in [0.15, 0.2) is 0 Å². The lowest BCUT2D eigenvalue weighted by Crippen LogP contribution is -2.47. The van der Waals surface area contributed by atoms with Crippen LogP contribution in [0.2, 0.25) is 0 Å². The molecule has 0 bridgehead atoms. The third-order valence-corrected chi connectivity index (χ3v) is 6.59. The Morgan fingerprint density at radius 1 is 1.20 bits per heavy atom. The summed E-state index contributed by atoms with van der Waals surface area (Å²) in [6.45, 7) is 4.21. The molecule has 4 heterocycles. The Labute approximate surface area is 177 Å². The zero-order valence-corrected chi connectivity index (χ0v) is 18.4. The second kappa shape index (κ2) is 8.99. The van der Waals surface area contributed by atoms with Gasteiger partial charge in [0.05, 0.1) is 30.7 Å². The zero-order chi connectivity index (χ0) is 21.1. The average molecular weight is 435 g/mol. The van der Waals surface area contributed by atoms with Gasteiger partial charge in [-0.25, -0.2) is 23.1 Å². The van der Waals surface area contributed by atoms with E-state index in [1.807, 2.05) is 10.7 Å². The molecule has 0 aliphatic carbocycles. The molecule has 1 fully saturated rings. The fourth-order valence-corrected chi connectivity index (χ4v) is 5.14. The third-order valence-electron chi connectivity index (χ3n) is 5.86. The summed E-state index contributed by atoms with van der Waals surface area (Å²) in [5, 5.41) is 4.72. The summed E-state index contributed by atoms with van der Waals surface area (Å²) in [4.78, 5) is 10.8. The van der Waals surface area contributed by atoms with Gasteiger partial charge >= 0.3 is 0 Å². The number of piperidine rings is 1. The number of ether oxygens (including phenoxy) is 1. The van der Waals surface area contributed by atoms with Crippen LogP contribution in [0.15, 0.2) is 24.5 Å². The predicted molar refractivity (Wildman–Crippen MR) is 114 cm³/mol. The normalized spacial score (nSPS) is 22.8. The largest absolute Gasteiger partial charge is 0.376 e. The fourth-order valence-electron chi connectivity index (χ4n) is 4.31. The molecule has 164 valence electrons. The SMILES string of the molecule is CCc1cc2n(n1)C(COC1CCN(c3ncccn3)CC1)C(NS(C)(=O)=O)CC2. The van der Waals surface area contributed by atoms with E-state index in [-0.39, 0.29) is 18.2 Å². The topological polar surface area (TPSA) is 102 Å². The van der Waals surface area contributed by atoms with E-state index < -0.39 is 10.0 Å². The highest BCUT2D eigenvalue weighted by atomic mass is 32.2. The van der Waals surface area contributed by atoms with Crippen LogP contribution >= 0.6 is 0 Å². The third kappa shape index (κ3) is 4.98. The van der Waals surface area contributed by atoms with Crippen LogP contribution in [-0.4, -0.2) is 66.3 Å². The number of aromatic nitrogens is 4. The number of hydrogen-bond acceptors (Lipinski definition) is 7. The van der Waals surface area contributed by atoms with E-state index in [9.17, 15) is 8.42 Å². The molecule has 0 saturated carbocycles. The average Bonchev–Trinajstić information content (AvgIpc) is 3.16. The standard InChI is InChI=1S/C20H30N6O3S/c1-3-15-13-16-5-6-18(24-30(2,27)28)19(26(16)23-15)14-29-17-7-11-25(12-8-17)20-21-9-4-10-22-20/h4,9-10,13,17-19,24H,3,5-8,11-12,14H2,1-2H3. The van der Waals surface area contributed by atoms with Gasteiger partial charge in [-0.2, -0.15) is 5.10 Å². The van der Waals surface area contributed by atoms with Gasteiger partial charge in [-0.05, 0) is 44.2 Å². The number of fused-ring (bicyclic) bond motifs is 1. The van der Waals surface area contributed by atoms with E-state index in [1.54, 1.807) is 12.4 Å². The molecule has 1 saturated heterocycles. The molecular formula is C20H30N6O3S. The number of nitrogens with one attached hydrogen (secondary N) is 1. The van der Waals surface area contributed by atoms with E-state index >= 15 is 0 Å². The smallest absolute Gasteiger partial charge is 0.225 e. The zero-order valence-electron chi connectivity index (χ0n) is 17.6. The summed E-state index contributed by atoms with van der Waals surface area (Å²) in [5.41, 5.74) is 2.19. The molecule has 0 aromatic carbocycles. The van der Waals surface area contributed by atoms with Gasteiger partial charge in [0.1, 0.15) is 0 Å². The summed E-state index contributed by atoms with van der Waals surface area (Å²) < 4.78 is 34.9. The highest BCUT2D eigenvalue weighted by Gasteiger charge is 2.34. The Hall–Kier alpha value is -2.04. The van der Waals surface area contributed by atoms with Crippen molar-refractivity contribution in [2.45, 2.75) is 57.2 Å². The number of anilines is 1. The minimum absolute atomic E-state index is 0.135. The molecule has 2 atom stereocenters. The minimum Gasteiger partial charge on any atom is -0.376 e. The number of rotatable bonds is 7. The van der Waals surface area contributed by atoms with Crippen molar-refractivity contribution in [1.82, 2.24) is 24.5 Å². The van der Waals surface area contributed by atoms with Gasteiger partial charge in [0.2, 0.25) is 16.0 Å². The number of hydrogen-bond donors (Lipinski definition) is 1. The van der Waals surface area contributed by atoms with Crippen molar-refractivity contribution in [2.75, 3.05) is 30.9 Å². The first-order valence-corrected chi connectivity index (χ1v) is 12.5. The summed E-state index contributed by atoms with van der Waals surface area (Å²) in [5.74, 6) is 0.758. The molecule has 0 spiro atoms. The van der Waals surface area contributed by atoms with Crippen LogP contribution in [0.3, 0.4) is 0 Å². The van der Waals surface area contributed by atoms with Gasteiger partial charge in [-0.3, -0.25) is 4.68 Å². The predicted octanol–water partition coefficient (Wildman–Crippen LogP) is 1.33. The Morgan fingerprint density at radius 3 is 2.60 bits per heavy atom. The maximum absolute atomic E-state index is 11.9. The Balaban J connectivity index is 1.40. The second-order valence-electron chi connectivity index (χ2n) is 8.10. The molecule has 2 aliphatic heterocycles. The van der Waals surface area contributed by atoms with Crippen LogP contribution in [0.5, 0.6) is 0 Å². The van der Waals surface area contributed by atoms with Crippen LogP contribution in [0.25, 0.3) is 0 Å². The van der Waals surface area contributed by atoms with Gasteiger partial charge in [0.25, 0.3) is 0 Å². The lowest BCUT2D eigenvalue weighted by atomic mass is 9.98. The van der Waals surface area contributed by atoms with Gasteiger partial charge < -0.3 is 9.64 Å². The number of sulfonamides is 1. The van der Waals surface area contributed by atoms with E-state index in [0.29, 0.717) is 6.61 Å². The summed E-state index contributed by atoms with van der Waals surface area (Å²) >= 11 is 0. The molecule has 0 radical (unpaired) electrons. The highest BCUT2D eigenvalue weighted by Crippen LogP contribution is 2.28. The maximum Gasteiger partial charge on any atom is 0.225 e. The summed E-state index contributed by atoms with van der Waals surface area (Å²) in [6, 6.07) is 3.59. The lowest BCUT2D eigenvalue weighted by molar-refractivity contribution is 0.00599. The lowest BCUT2D eigenvalue weighted by Gasteiger charge is -2.36. The maximum atomic E-state index is 11.9. The molecule has 9 nitrogen and oxygen atoms in total. The summed E-state index contributed by atoms with van der Waals surface area (Å²) in [6.07, 6.45) is 9.06. The molecule has 30 heavy (non-hydrogen) atoms. The Bertz CT molecular complexity index is 941. The number of nitrogens with zero attached hydrogens (tertiary/aromatic N) is 5. The first-order valence-electron chi connectivity index (χ1n) is 10.6. The van der Waals surface area contributed by atoms with Crippen LogP contribution in [0.1, 0.15) is 43.6 Å². The molecule has 10 heteroatoms. The van der Waals surface area contributed by atoms with Gasteiger partial charge in [-0.15, -0.1) is 0 Å². The number of aryl methyl sites for hydroxylation is 2. The quantitative estimate of drug-likeness (QED) is 0.701. The molecule has 0 amide bonds. The summed E-state index contributed by atoms with van der Waals surface area (Å²) in [7, 11) is -3.31. The van der Waals surface area contributed by atoms with E-state index in [0.717, 1.165) is 62.5 Å². The Kier molecular flexibility index (Phi) is 6.35. The second-order valence-corrected chi connectivity index (χ2v) is 9.88. The van der Waals surface area contributed by atoms with Crippen LogP contribution in [0.4, 0.5) is 5.95 Å². The van der Waals surface area contributed by atoms with E-state index in [4.69, 9.17) is 9.84 Å². The molecule has 1 N–H and O–H groups in total. The van der Waals surface area contributed by atoms with Crippen molar-refractivity contribution >= 4 is 16.0 Å². The van der Waals surface area contributed by atoms with Crippen molar-refractivity contribution < 1.29 is 13.2 Å². The molecular weight excluding hydrogens is 404 g/mol. The molecule has 4 rings (SSSR count). The van der Waals surface area contributed by atoms with Gasteiger partial charge in [-0.1, -0.05) is 6.92 Å². The Morgan fingerprint density at radius 2 is 1.93 bits per heavy atom. The fraction of sp³-hybridized carbons (Fsp3) is 0.650. The first-order chi connectivity index (χ1) is 14.4. The molecule has 2 aromatic rings. The van der Waals surface area contributed by atoms with E-state index in [1.165, 1.54) is 6.26 Å². The van der Waals surface area contributed by atoms with Crippen molar-refractivity contribution in [2.24, 2.45) is 0 Å².